The van der Waals surface area contributed by atoms with Crippen molar-refractivity contribution in [1.82, 2.24) is 20.1 Å². The van der Waals surface area contributed by atoms with Crippen molar-refractivity contribution in [3.8, 4) is 5.75 Å². The first-order valence-electron chi connectivity index (χ1n) is 12.1. The second-order valence-electron chi connectivity index (χ2n) is 10.4. The number of nitrogens with zero attached hydrogens (tertiary/aromatic N) is 5. The zero-order valence-corrected chi connectivity index (χ0v) is 23.1. The molecule has 1 saturated heterocycles. The lowest BCUT2D eigenvalue weighted by molar-refractivity contribution is 0.0470. The Balaban J connectivity index is 1.78. The van der Waals surface area contributed by atoms with Crippen LogP contribution in [0.4, 0.5) is 5.69 Å². The number of aromatic nitrogens is 3. The Morgan fingerprint density at radius 3 is 2.36 bits per heavy atom. The topological polar surface area (TPSA) is 67.6 Å². The minimum Gasteiger partial charge on any atom is -0.466 e. The molecule has 0 bridgehead atoms. The van der Waals surface area contributed by atoms with Crippen molar-refractivity contribution in [2.45, 2.75) is 65.8 Å². The fourth-order valence-corrected chi connectivity index (χ4v) is 4.83. The minimum atomic E-state index is -0.550. The van der Waals surface area contributed by atoms with Crippen LogP contribution in [0.5, 0.6) is 5.75 Å². The van der Waals surface area contributed by atoms with E-state index >= 15 is 0 Å². The van der Waals surface area contributed by atoms with Crippen molar-refractivity contribution in [2.75, 3.05) is 4.90 Å². The highest BCUT2D eigenvalue weighted by atomic mass is 35.5. The molecule has 2 aromatic carbocycles. The molecule has 36 heavy (non-hydrogen) atoms. The molecule has 0 amide bonds. The molecule has 0 aliphatic carbocycles. The van der Waals surface area contributed by atoms with Crippen LogP contribution < -0.4 is 15.0 Å². The van der Waals surface area contributed by atoms with Gasteiger partial charge in [-0.25, -0.2) is 9.67 Å². The second-order valence-corrected chi connectivity index (χ2v) is 11.2. The summed E-state index contributed by atoms with van der Waals surface area (Å²) in [7, 11) is 0. The van der Waals surface area contributed by atoms with Crippen LogP contribution in [0, 0.1) is 12.3 Å². The number of ether oxygens (including phenoxy) is 1. The highest BCUT2D eigenvalue weighted by Crippen LogP contribution is 2.37. The van der Waals surface area contributed by atoms with Crippen molar-refractivity contribution >= 4 is 40.5 Å². The predicted molar refractivity (Wildman–Crippen MR) is 150 cm³/mol. The van der Waals surface area contributed by atoms with Gasteiger partial charge in [-0.05, 0) is 74.3 Å². The quantitative estimate of drug-likeness (QED) is 0.371. The maximum absolute atomic E-state index is 6.49. The first-order chi connectivity index (χ1) is 17.0. The van der Waals surface area contributed by atoms with E-state index in [0.29, 0.717) is 15.9 Å². The third-order valence-corrected chi connectivity index (χ3v) is 7.14. The minimum absolute atomic E-state index is 0.286. The molecule has 3 unspecified atom stereocenters. The Hall–Kier alpha value is -2.97. The normalized spacial score (nSPS) is 20.9. The molecule has 3 atom stereocenters. The van der Waals surface area contributed by atoms with E-state index in [0.717, 1.165) is 17.9 Å². The van der Waals surface area contributed by atoms with E-state index in [1.165, 1.54) is 11.9 Å². The van der Waals surface area contributed by atoms with Gasteiger partial charge in [0.05, 0.1) is 0 Å². The van der Waals surface area contributed by atoms with Gasteiger partial charge >= 0.3 is 0 Å². The van der Waals surface area contributed by atoms with E-state index in [1.807, 2.05) is 12.1 Å². The molecule has 1 aliphatic heterocycles. The van der Waals surface area contributed by atoms with Crippen LogP contribution in [-0.4, -0.2) is 37.3 Å². The lowest BCUT2D eigenvalue weighted by Crippen LogP contribution is -2.48. The Morgan fingerprint density at radius 2 is 1.81 bits per heavy atom. The number of halogens is 1. The lowest BCUT2D eigenvalue weighted by Gasteiger charge is -2.37. The number of rotatable bonds is 7. The van der Waals surface area contributed by atoms with Gasteiger partial charge in [0.25, 0.3) is 0 Å². The van der Waals surface area contributed by atoms with E-state index in [9.17, 15) is 0 Å². The number of thiocarbonyl (C=S) groups is 1. The van der Waals surface area contributed by atoms with Gasteiger partial charge in [0.2, 0.25) is 6.23 Å². The number of amidine groups is 1. The fraction of sp³-hybridized carbons (Fsp3) is 0.407. The third-order valence-electron chi connectivity index (χ3n) is 6.61. The fourth-order valence-electron chi connectivity index (χ4n) is 4.30. The molecule has 0 saturated carbocycles. The Bertz CT molecular complexity index is 1220. The van der Waals surface area contributed by atoms with Crippen LogP contribution in [0.2, 0.25) is 5.02 Å². The summed E-state index contributed by atoms with van der Waals surface area (Å²) in [6, 6.07) is 15.4. The molecular formula is C27H33ClN6OS. The maximum atomic E-state index is 6.49. The van der Waals surface area contributed by atoms with E-state index in [4.69, 9.17) is 33.5 Å². The highest BCUT2D eigenvalue weighted by Gasteiger charge is 2.47. The van der Waals surface area contributed by atoms with E-state index in [1.54, 1.807) is 23.1 Å². The maximum Gasteiger partial charge on any atom is 0.215 e. The summed E-state index contributed by atoms with van der Waals surface area (Å²) in [5.74, 6) is 1.48. The van der Waals surface area contributed by atoms with E-state index in [-0.39, 0.29) is 11.5 Å². The second kappa shape index (κ2) is 10.2. The molecule has 1 aliphatic rings. The van der Waals surface area contributed by atoms with E-state index < -0.39 is 11.8 Å². The van der Waals surface area contributed by atoms with Crippen molar-refractivity contribution in [3.05, 3.63) is 71.8 Å². The van der Waals surface area contributed by atoms with Gasteiger partial charge in [-0.3, -0.25) is 4.99 Å². The van der Waals surface area contributed by atoms with Gasteiger partial charge in [-0.15, -0.1) is 0 Å². The summed E-state index contributed by atoms with van der Waals surface area (Å²) in [6.07, 6.45) is 3.41. The zero-order chi connectivity index (χ0) is 26.1. The van der Waals surface area contributed by atoms with E-state index in [2.05, 4.69) is 86.1 Å². The number of aliphatic imine (C=N–C) groups is 1. The zero-order valence-electron chi connectivity index (χ0n) is 21.6. The molecular weight excluding hydrogens is 492 g/mol. The largest absolute Gasteiger partial charge is 0.466 e. The molecule has 3 aromatic rings. The molecule has 7 nitrogen and oxygen atoms in total. The Kier molecular flexibility index (Phi) is 7.38. The van der Waals surface area contributed by atoms with Gasteiger partial charge in [0.1, 0.15) is 35.8 Å². The number of benzene rings is 2. The van der Waals surface area contributed by atoms with Crippen LogP contribution in [0.3, 0.4) is 0 Å². The first-order valence-corrected chi connectivity index (χ1v) is 12.8. The summed E-state index contributed by atoms with van der Waals surface area (Å²) in [5.41, 5.74) is 1.49. The molecule has 1 N–H and O–H groups in total. The average Bonchev–Trinajstić information content (AvgIpc) is 3.44. The summed E-state index contributed by atoms with van der Waals surface area (Å²) in [5, 5.41) is 9.11. The van der Waals surface area contributed by atoms with Gasteiger partial charge in [0, 0.05) is 10.7 Å². The van der Waals surface area contributed by atoms with Crippen molar-refractivity contribution in [3.63, 3.8) is 0 Å². The van der Waals surface area contributed by atoms with Crippen LogP contribution in [0.15, 0.2) is 66.2 Å². The number of hydrogen-bond acceptors (Lipinski definition) is 5. The predicted octanol–water partition coefficient (Wildman–Crippen LogP) is 6.19. The summed E-state index contributed by atoms with van der Waals surface area (Å²) < 4.78 is 8.20. The Morgan fingerprint density at radius 1 is 1.14 bits per heavy atom. The van der Waals surface area contributed by atoms with Crippen LogP contribution in [0.25, 0.3) is 0 Å². The van der Waals surface area contributed by atoms with Crippen LogP contribution in [-0.2, 0) is 0 Å². The molecule has 190 valence electrons. The number of anilines is 1. The third kappa shape index (κ3) is 5.25. The monoisotopic (exact) mass is 524 g/mol. The average molecular weight is 525 g/mol. The standard InChI is InChI=1S/C27H33ClN6OS/c1-7-27(6)24(32-25(36)34(27)20-12-8-18(2)9-13-20)31-22(26(3,4)5)23(33-17-29-16-30-33)35-21-14-10-19(28)11-15-21/h8-17,22-23H,7H2,1-6H3,(H,31,32,36). The summed E-state index contributed by atoms with van der Waals surface area (Å²) in [6.45, 7) is 12.8. The molecule has 0 spiro atoms. The van der Waals surface area contributed by atoms with Gasteiger partial charge in [-0.2, -0.15) is 5.10 Å². The Labute approximate surface area is 223 Å². The molecule has 1 aromatic heterocycles. The lowest BCUT2D eigenvalue weighted by atomic mass is 9.85. The van der Waals surface area contributed by atoms with Crippen molar-refractivity contribution in [1.29, 1.82) is 0 Å². The van der Waals surface area contributed by atoms with Crippen molar-refractivity contribution in [2.24, 2.45) is 10.4 Å². The number of hydrogen-bond donors (Lipinski definition) is 1. The molecule has 9 heteroatoms. The molecule has 1 fully saturated rings. The summed E-state index contributed by atoms with van der Waals surface area (Å²) in [4.78, 5) is 11.6. The van der Waals surface area contributed by atoms with Crippen LogP contribution >= 0.6 is 23.8 Å². The summed E-state index contributed by atoms with van der Waals surface area (Å²) >= 11 is 11.9. The highest BCUT2D eigenvalue weighted by molar-refractivity contribution is 7.80. The van der Waals surface area contributed by atoms with Crippen molar-refractivity contribution < 1.29 is 4.74 Å². The molecule has 4 rings (SSSR count). The smallest absolute Gasteiger partial charge is 0.215 e. The first kappa shape index (κ1) is 26.1. The van der Waals surface area contributed by atoms with Gasteiger partial charge in [0.15, 0.2) is 5.11 Å². The SMILES string of the molecule is CCC1(C)C(=NC(C(Oc2ccc(Cl)cc2)n2cncn2)C(C)(C)C)NC(=S)N1c1ccc(C)cc1. The number of aryl methyl sites for hydroxylation is 1. The molecule has 2 heterocycles. The van der Waals surface area contributed by atoms with Gasteiger partial charge in [-0.1, -0.05) is 57.0 Å². The van der Waals surface area contributed by atoms with Gasteiger partial charge < -0.3 is 15.0 Å². The number of nitrogens with one attached hydrogen (secondary N) is 1. The van der Waals surface area contributed by atoms with Crippen LogP contribution in [0.1, 0.15) is 52.8 Å². The molecule has 0 radical (unpaired) electrons.